The minimum absolute atomic E-state index is 0. The molecule has 0 aliphatic heterocycles. The van der Waals surface area contributed by atoms with Gasteiger partial charge in [-0.05, 0) is 25.5 Å². The molecule has 0 aromatic rings. The van der Waals surface area contributed by atoms with E-state index in [4.69, 9.17) is 4.74 Å². The first-order valence-corrected chi connectivity index (χ1v) is 8.31. The van der Waals surface area contributed by atoms with Crippen LogP contribution in [0.2, 0.25) is 0 Å². The number of thioether (sulfide) groups is 1. The van der Waals surface area contributed by atoms with Crippen molar-refractivity contribution in [2.75, 3.05) is 38.8 Å². The fourth-order valence-corrected chi connectivity index (χ4v) is 2.38. The summed E-state index contributed by atoms with van der Waals surface area (Å²) < 4.78 is 5.81. The summed E-state index contributed by atoms with van der Waals surface area (Å²) in [7, 11) is 1.81. The number of halogens is 1. The smallest absolute Gasteiger partial charge is 0.191 e. The van der Waals surface area contributed by atoms with Crippen molar-refractivity contribution >= 4 is 41.7 Å². The molecule has 1 aliphatic carbocycles. The second kappa shape index (κ2) is 13.3. The highest BCUT2D eigenvalue weighted by atomic mass is 127. The second-order valence-electron chi connectivity index (χ2n) is 4.55. The van der Waals surface area contributed by atoms with Gasteiger partial charge in [-0.2, -0.15) is 11.8 Å². The Bertz CT molecular complexity index is 236. The maximum absolute atomic E-state index is 5.81. The molecule has 1 saturated carbocycles. The van der Waals surface area contributed by atoms with Gasteiger partial charge in [0.15, 0.2) is 5.96 Å². The van der Waals surface area contributed by atoms with Gasteiger partial charge in [0.2, 0.25) is 0 Å². The summed E-state index contributed by atoms with van der Waals surface area (Å²) in [5, 5.41) is 6.58. The maximum atomic E-state index is 5.81. The first-order chi connectivity index (χ1) is 8.86. The summed E-state index contributed by atoms with van der Waals surface area (Å²) in [6.07, 6.45) is 8.88. The van der Waals surface area contributed by atoms with Crippen LogP contribution in [-0.4, -0.2) is 50.8 Å². The molecule has 19 heavy (non-hydrogen) atoms. The summed E-state index contributed by atoms with van der Waals surface area (Å²) in [5.41, 5.74) is 0. The Labute approximate surface area is 138 Å². The van der Waals surface area contributed by atoms with Crippen LogP contribution in [0, 0.1) is 0 Å². The summed E-state index contributed by atoms with van der Waals surface area (Å²) in [5.74, 6) is 2.00. The van der Waals surface area contributed by atoms with Crippen LogP contribution in [0.3, 0.4) is 0 Å². The van der Waals surface area contributed by atoms with Crippen LogP contribution in [0.4, 0.5) is 0 Å². The van der Waals surface area contributed by atoms with Crippen LogP contribution in [-0.2, 0) is 4.74 Å². The van der Waals surface area contributed by atoms with Crippen molar-refractivity contribution in [2.45, 2.75) is 38.2 Å². The molecule has 1 rings (SSSR count). The molecular formula is C13H28IN3OS. The van der Waals surface area contributed by atoms with Gasteiger partial charge in [-0.1, -0.05) is 12.8 Å². The zero-order valence-electron chi connectivity index (χ0n) is 12.1. The van der Waals surface area contributed by atoms with Crippen molar-refractivity contribution in [2.24, 2.45) is 4.99 Å². The molecule has 0 amide bonds. The Hall–Kier alpha value is 0.310. The zero-order chi connectivity index (χ0) is 13.1. The number of rotatable bonds is 8. The normalized spacial score (nSPS) is 16.2. The first kappa shape index (κ1) is 19.3. The van der Waals surface area contributed by atoms with Gasteiger partial charge in [-0.3, -0.25) is 4.99 Å². The summed E-state index contributed by atoms with van der Waals surface area (Å²) >= 11 is 1.83. The molecule has 0 unspecified atom stereocenters. The number of hydrogen-bond donors (Lipinski definition) is 2. The Morgan fingerprint density at radius 1 is 1.26 bits per heavy atom. The molecule has 6 heteroatoms. The van der Waals surface area contributed by atoms with Gasteiger partial charge in [-0.15, -0.1) is 24.0 Å². The average Bonchev–Trinajstić information content (AvgIpc) is 2.89. The fourth-order valence-electron chi connectivity index (χ4n) is 2.08. The van der Waals surface area contributed by atoms with Gasteiger partial charge < -0.3 is 15.4 Å². The molecule has 1 fully saturated rings. The third-order valence-electron chi connectivity index (χ3n) is 3.09. The minimum Gasteiger partial charge on any atom is -0.378 e. The molecular weight excluding hydrogens is 373 g/mol. The highest BCUT2D eigenvalue weighted by Crippen LogP contribution is 2.20. The highest BCUT2D eigenvalue weighted by molar-refractivity contribution is 14.0. The molecule has 0 saturated heterocycles. The van der Waals surface area contributed by atoms with Crippen LogP contribution in [0.25, 0.3) is 0 Å². The van der Waals surface area contributed by atoms with E-state index in [9.17, 15) is 0 Å². The average molecular weight is 401 g/mol. The topological polar surface area (TPSA) is 45.7 Å². The molecule has 0 aromatic heterocycles. The van der Waals surface area contributed by atoms with Gasteiger partial charge in [0.25, 0.3) is 0 Å². The minimum atomic E-state index is 0. The molecule has 4 nitrogen and oxygen atoms in total. The molecule has 114 valence electrons. The van der Waals surface area contributed by atoms with Crippen molar-refractivity contribution in [1.82, 2.24) is 10.6 Å². The third-order valence-corrected chi connectivity index (χ3v) is 3.70. The van der Waals surface area contributed by atoms with E-state index in [-0.39, 0.29) is 24.0 Å². The van der Waals surface area contributed by atoms with Crippen LogP contribution >= 0.6 is 35.7 Å². The van der Waals surface area contributed by atoms with Gasteiger partial charge in [0, 0.05) is 32.5 Å². The van der Waals surface area contributed by atoms with E-state index in [0.717, 1.165) is 37.8 Å². The SMILES string of the molecule is CN=C(NCCCOC1CCCC1)NCCSC.I. The molecule has 0 bridgehead atoms. The largest absolute Gasteiger partial charge is 0.378 e. The highest BCUT2D eigenvalue weighted by Gasteiger charge is 2.14. The second-order valence-corrected chi connectivity index (χ2v) is 5.53. The molecule has 0 heterocycles. The predicted octanol–water partition coefficient (Wildman–Crippen LogP) is 2.48. The van der Waals surface area contributed by atoms with Crippen molar-refractivity contribution < 1.29 is 4.74 Å². The lowest BCUT2D eigenvalue weighted by Crippen LogP contribution is -2.39. The van der Waals surface area contributed by atoms with Crippen molar-refractivity contribution in [3.8, 4) is 0 Å². The van der Waals surface area contributed by atoms with E-state index in [1.807, 2.05) is 18.8 Å². The number of aliphatic imine (C=N–C) groups is 1. The number of hydrogen-bond acceptors (Lipinski definition) is 3. The lowest BCUT2D eigenvalue weighted by Gasteiger charge is -2.13. The third kappa shape index (κ3) is 9.79. The Morgan fingerprint density at radius 3 is 2.58 bits per heavy atom. The van der Waals surface area contributed by atoms with Gasteiger partial charge in [0.05, 0.1) is 6.10 Å². The standard InChI is InChI=1S/C13H27N3OS.HI/c1-14-13(16-9-11-18-2)15-8-5-10-17-12-6-3-4-7-12;/h12H,3-11H2,1-2H3,(H2,14,15,16);1H. The lowest BCUT2D eigenvalue weighted by molar-refractivity contribution is 0.0574. The summed E-state index contributed by atoms with van der Waals surface area (Å²) in [6.45, 7) is 2.74. The van der Waals surface area contributed by atoms with Crippen LogP contribution < -0.4 is 10.6 Å². The first-order valence-electron chi connectivity index (χ1n) is 6.92. The number of guanidine groups is 1. The van der Waals surface area contributed by atoms with Crippen molar-refractivity contribution in [3.63, 3.8) is 0 Å². The lowest BCUT2D eigenvalue weighted by atomic mass is 10.3. The van der Waals surface area contributed by atoms with E-state index >= 15 is 0 Å². The molecule has 0 aromatic carbocycles. The van der Waals surface area contributed by atoms with E-state index in [2.05, 4.69) is 21.9 Å². The molecule has 1 aliphatic rings. The van der Waals surface area contributed by atoms with E-state index in [0.29, 0.717) is 6.10 Å². The monoisotopic (exact) mass is 401 g/mol. The molecule has 0 radical (unpaired) electrons. The Morgan fingerprint density at radius 2 is 1.95 bits per heavy atom. The van der Waals surface area contributed by atoms with Crippen LogP contribution in [0.1, 0.15) is 32.1 Å². The van der Waals surface area contributed by atoms with Crippen molar-refractivity contribution in [1.29, 1.82) is 0 Å². The van der Waals surface area contributed by atoms with E-state index in [1.54, 1.807) is 0 Å². The summed E-state index contributed by atoms with van der Waals surface area (Å²) in [6, 6.07) is 0. The van der Waals surface area contributed by atoms with Crippen LogP contribution in [0.15, 0.2) is 4.99 Å². The number of nitrogens with zero attached hydrogens (tertiary/aromatic N) is 1. The number of ether oxygens (including phenoxy) is 1. The van der Waals surface area contributed by atoms with Gasteiger partial charge in [-0.25, -0.2) is 0 Å². The molecule has 2 N–H and O–H groups in total. The zero-order valence-corrected chi connectivity index (χ0v) is 15.3. The predicted molar refractivity (Wildman–Crippen MR) is 96.0 cm³/mol. The van der Waals surface area contributed by atoms with Crippen LogP contribution in [0.5, 0.6) is 0 Å². The van der Waals surface area contributed by atoms with E-state index in [1.165, 1.54) is 25.7 Å². The maximum Gasteiger partial charge on any atom is 0.191 e. The van der Waals surface area contributed by atoms with Gasteiger partial charge in [0.1, 0.15) is 0 Å². The Kier molecular flexibility index (Phi) is 13.5. The van der Waals surface area contributed by atoms with E-state index < -0.39 is 0 Å². The summed E-state index contributed by atoms with van der Waals surface area (Å²) in [4.78, 5) is 4.18. The quantitative estimate of drug-likeness (QED) is 0.284. The molecule has 0 atom stereocenters. The Balaban J connectivity index is 0.00000324. The molecule has 0 spiro atoms. The number of nitrogens with one attached hydrogen (secondary N) is 2. The van der Waals surface area contributed by atoms with Crippen molar-refractivity contribution in [3.05, 3.63) is 0 Å². The van der Waals surface area contributed by atoms with Gasteiger partial charge >= 0.3 is 0 Å². The fraction of sp³-hybridized carbons (Fsp3) is 0.923.